The van der Waals surface area contributed by atoms with Crippen LogP contribution in [0.25, 0.3) is 0 Å². The molecule has 1 heterocycles. The predicted octanol–water partition coefficient (Wildman–Crippen LogP) is 1.24. The Bertz CT molecular complexity index is 416. The van der Waals surface area contributed by atoms with Crippen molar-refractivity contribution in [3.63, 3.8) is 0 Å². The molecule has 0 aliphatic carbocycles. The van der Waals surface area contributed by atoms with Crippen LogP contribution >= 0.6 is 12.4 Å². The lowest BCUT2D eigenvalue weighted by Gasteiger charge is -2.36. The van der Waals surface area contributed by atoms with E-state index < -0.39 is 6.04 Å². The third-order valence-corrected chi connectivity index (χ3v) is 3.17. The van der Waals surface area contributed by atoms with E-state index in [0.717, 1.165) is 18.8 Å². The monoisotopic (exact) mass is 287 g/mol. The normalized spacial score (nSPS) is 16.8. The van der Waals surface area contributed by atoms with Gasteiger partial charge in [-0.25, -0.2) is 4.39 Å². The molecule has 4 nitrogen and oxygen atoms in total. The van der Waals surface area contributed by atoms with Gasteiger partial charge in [-0.15, -0.1) is 12.4 Å². The quantitative estimate of drug-likeness (QED) is 0.890. The van der Waals surface area contributed by atoms with Gasteiger partial charge in [0.05, 0.1) is 6.04 Å². The highest BCUT2D eigenvalue weighted by Crippen LogP contribution is 2.17. The van der Waals surface area contributed by atoms with E-state index >= 15 is 0 Å². The van der Waals surface area contributed by atoms with Gasteiger partial charge in [-0.2, -0.15) is 0 Å². The van der Waals surface area contributed by atoms with Gasteiger partial charge in [0, 0.05) is 31.9 Å². The van der Waals surface area contributed by atoms with Gasteiger partial charge in [-0.3, -0.25) is 4.79 Å². The van der Waals surface area contributed by atoms with E-state index in [0.29, 0.717) is 13.1 Å². The van der Waals surface area contributed by atoms with Crippen LogP contribution in [0.4, 0.5) is 10.1 Å². The SMILES string of the molecule is CC(N)C(=O)N1CCN(c2ccc(F)cc2)CC1.Cl. The summed E-state index contributed by atoms with van der Waals surface area (Å²) in [4.78, 5) is 15.6. The van der Waals surface area contributed by atoms with Crippen molar-refractivity contribution in [2.75, 3.05) is 31.1 Å². The van der Waals surface area contributed by atoms with Crippen molar-refractivity contribution in [2.24, 2.45) is 5.73 Å². The molecule has 1 aliphatic rings. The number of hydrogen-bond acceptors (Lipinski definition) is 3. The molecule has 0 bridgehead atoms. The number of benzene rings is 1. The zero-order chi connectivity index (χ0) is 13.1. The van der Waals surface area contributed by atoms with Crippen LogP contribution in [0, 0.1) is 5.82 Å². The van der Waals surface area contributed by atoms with E-state index in [1.807, 2.05) is 0 Å². The first kappa shape index (κ1) is 15.7. The van der Waals surface area contributed by atoms with E-state index in [1.54, 1.807) is 24.0 Å². The highest BCUT2D eigenvalue weighted by Gasteiger charge is 2.23. The van der Waals surface area contributed by atoms with Gasteiger partial charge in [0.2, 0.25) is 5.91 Å². The summed E-state index contributed by atoms with van der Waals surface area (Å²) in [5.41, 5.74) is 6.57. The van der Waals surface area contributed by atoms with Crippen molar-refractivity contribution >= 4 is 24.0 Å². The largest absolute Gasteiger partial charge is 0.368 e. The van der Waals surface area contributed by atoms with Gasteiger partial charge >= 0.3 is 0 Å². The first-order valence-electron chi connectivity index (χ1n) is 6.13. The molecule has 1 atom stereocenters. The molecule has 0 spiro atoms. The van der Waals surface area contributed by atoms with Crippen LogP contribution in [0.3, 0.4) is 0 Å². The second-order valence-electron chi connectivity index (χ2n) is 4.58. The zero-order valence-corrected chi connectivity index (χ0v) is 11.7. The summed E-state index contributed by atoms with van der Waals surface area (Å²) in [5, 5.41) is 0. The van der Waals surface area contributed by atoms with Gasteiger partial charge < -0.3 is 15.5 Å². The van der Waals surface area contributed by atoms with Gasteiger partial charge in [-0.1, -0.05) is 0 Å². The first-order chi connectivity index (χ1) is 8.58. The lowest BCUT2D eigenvalue weighted by atomic mass is 10.2. The molecule has 0 radical (unpaired) electrons. The number of nitrogens with two attached hydrogens (primary N) is 1. The predicted molar refractivity (Wildman–Crippen MR) is 76.1 cm³/mol. The molecule has 0 saturated carbocycles. The molecule has 1 unspecified atom stereocenters. The Balaban J connectivity index is 0.00000180. The van der Waals surface area contributed by atoms with Crippen molar-refractivity contribution in [3.05, 3.63) is 30.1 Å². The van der Waals surface area contributed by atoms with E-state index in [-0.39, 0.29) is 24.1 Å². The second-order valence-corrected chi connectivity index (χ2v) is 4.58. The number of piperazine rings is 1. The fourth-order valence-electron chi connectivity index (χ4n) is 2.12. The topological polar surface area (TPSA) is 49.6 Å². The van der Waals surface area contributed by atoms with Crippen LogP contribution in [0.5, 0.6) is 0 Å². The van der Waals surface area contributed by atoms with Crippen molar-refractivity contribution < 1.29 is 9.18 Å². The van der Waals surface area contributed by atoms with Crippen molar-refractivity contribution in [2.45, 2.75) is 13.0 Å². The summed E-state index contributed by atoms with van der Waals surface area (Å²) in [6, 6.07) is 5.99. The molecule has 1 aliphatic heterocycles. The standard InChI is InChI=1S/C13H18FN3O.ClH/c1-10(15)13(18)17-8-6-16(7-9-17)12-4-2-11(14)3-5-12;/h2-5,10H,6-9,15H2,1H3;1H. The summed E-state index contributed by atoms with van der Waals surface area (Å²) in [6.45, 7) is 4.54. The molecule has 1 aromatic rings. The average molecular weight is 288 g/mol. The lowest BCUT2D eigenvalue weighted by molar-refractivity contribution is -0.132. The Labute approximate surface area is 118 Å². The van der Waals surface area contributed by atoms with Crippen LogP contribution in [0.1, 0.15) is 6.92 Å². The molecule has 6 heteroatoms. The number of carbonyl (C=O) groups excluding carboxylic acids is 1. The fraction of sp³-hybridized carbons (Fsp3) is 0.462. The lowest BCUT2D eigenvalue weighted by Crippen LogP contribution is -2.52. The van der Waals surface area contributed by atoms with E-state index in [4.69, 9.17) is 5.73 Å². The highest BCUT2D eigenvalue weighted by atomic mass is 35.5. The molecule has 0 aromatic heterocycles. The van der Waals surface area contributed by atoms with Crippen LogP contribution in [0.15, 0.2) is 24.3 Å². The fourth-order valence-corrected chi connectivity index (χ4v) is 2.12. The molecular formula is C13H19ClFN3O. The molecule has 19 heavy (non-hydrogen) atoms. The summed E-state index contributed by atoms with van der Waals surface area (Å²) in [6.07, 6.45) is 0. The third-order valence-electron chi connectivity index (χ3n) is 3.17. The van der Waals surface area contributed by atoms with Gasteiger partial charge in [0.15, 0.2) is 0 Å². The maximum Gasteiger partial charge on any atom is 0.239 e. The Morgan fingerprint density at radius 1 is 1.21 bits per heavy atom. The number of anilines is 1. The summed E-state index contributed by atoms with van der Waals surface area (Å²) >= 11 is 0. The van der Waals surface area contributed by atoms with Crippen molar-refractivity contribution in [1.29, 1.82) is 0 Å². The smallest absolute Gasteiger partial charge is 0.239 e. The first-order valence-corrected chi connectivity index (χ1v) is 6.13. The molecule has 1 saturated heterocycles. The summed E-state index contributed by atoms with van der Waals surface area (Å²) < 4.78 is 12.8. The minimum Gasteiger partial charge on any atom is -0.368 e. The number of hydrogen-bond donors (Lipinski definition) is 1. The number of rotatable bonds is 2. The summed E-state index contributed by atoms with van der Waals surface area (Å²) in [7, 11) is 0. The highest BCUT2D eigenvalue weighted by molar-refractivity contribution is 5.85. The number of halogens is 2. The van der Waals surface area contributed by atoms with E-state index in [2.05, 4.69) is 4.90 Å². The van der Waals surface area contributed by atoms with E-state index in [1.165, 1.54) is 12.1 Å². The maximum absolute atomic E-state index is 12.8. The van der Waals surface area contributed by atoms with Crippen LogP contribution in [0.2, 0.25) is 0 Å². The molecular weight excluding hydrogens is 269 g/mol. The van der Waals surface area contributed by atoms with Gasteiger partial charge in [-0.05, 0) is 31.2 Å². The van der Waals surface area contributed by atoms with Crippen LogP contribution < -0.4 is 10.6 Å². The van der Waals surface area contributed by atoms with Gasteiger partial charge in [0.25, 0.3) is 0 Å². The third kappa shape index (κ3) is 3.81. The zero-order valence-electron chi connectivity index (χ0n) is 10.9. The molecule has 2 N–H and O–H groups in total. The minimum atomic E-state index is -0.442. The Kier molecular flexibility index (Phi) is 5.57. The van der Waals surface area contributed by atoms with Crippen LogP contribution in [-0.2, 0) is 4.79 Å². The molecule has 1 amide bonds. The summed E-state index contributed by atoms with van der Waals surface area (Å²) in [5.74, 6) is -0.238. The van der Waals surface area contributed by atoms with Crippen molar-refractivity contribution in [1.82, 2.24) is 4.90 Å². The Morgan fingerprint density at radius 2 is 1.74 bits per heavy atom. The minimum absolute atomic E-state index is 0. The number of nitrogens with zero attached hydrogens (tertiary/aromatic N) is 2. The van der Waals surface area contributed by atoms with E-state index in [9.17, 15) is 9.18 Å². The number of amides is 1. The van der Waals surface area contributed by atoms with Gasteiger partial charge in [0.1, 0.15) is 5.82 Å². The van der Waals surface area contributed by atoms with Crippen molar-refractivity contribution in [3.8, 4) is 0 Å². The average Bonchev–Trinajstić information content (AvgIpc) is 2.39. The molecule has 1 fully saturated rings. The van der Waals surface area contributed by atoms with Crippen LogP contribution in [-0.4, -0.2) is 43.0 Å². The molecule has 1 aromatic carbocycles. The second kappa shape index (κ2) is 6.73. The molecule has 2 rings (SSSR count). The molecule has 106 valence electrons. The Hall–Kier alpha value is -1.33. The Morgan fingerprint density at radius 3 is 2.21 bits per heavy atom. The number of carbonyl (C=O) groups is 1. The maximum atomic E-state index is 12.8.